The molecule has 0 aliphatic heterocycles. The normalized spacial score (nSPS) is 9.64. The van der Waals surface area contributed by atoms with Crippen molar-refractivity contribution < 1.29 is 4.79 Å². The minimum Gasteiger partial charge on any atom is -0.326 e. The molecule has 0 radical (unpaired) electrons. The summed E-state index contributed by atoms with van der Waals surface area (Å²) >= 11 is 5.16. The summed E-state index contributed by atoms with van der Waals surface area (Å²) in [4.78, 5) is 23.8. The highest BCUT2D eigenvalue weighted by Crippen LogP contribution is 2.00. The third-order valence-electron chi connectivity index (χ3n) is 1.21. The van der Waals surface area contributed by atoms with Crippen LogP contribution in [0.25, 0.3) is 0 Å². The molecule has 1 N–H and O–H groups in total. The Bertz CT molecular complexity index is 343. The predicted octanol–water partition coefficient (Wildman–Crippen LogP) is 1.06. The van der Waals surface area contributed by atoms with Crippen LogP contribution in [-0.4, -0.2) is 10.2 Å². The molecule has 0 aliphatic carbocycles. The van der Waals surface area contributed by atoms with Crippen LogP contribution in [0, 0.1) is 6.92 Å². The van der Waals surface area contributed by atoms with Crippen LogP contribution in [0.2, 0.25) is 0 Å². The van der Waals surface area contributed by atoms with Crippen LogP contribution in [0.15, 0.2) is 16.9 Å². The third kappa shape index (κ3) is 1.91. The quantitative estimate of drug-likeness (QED) is 0.643. The molecule has 3 nitrogen and oxygen atoms in total. The van der Waals surface area contributed by atoms with E-state index in [1.54, 1.807) is 6.92 Å². The van der Waals surface area contributed by atoms with Crippen LogP contribution in [-0.2, 0) is 0 Å². The predicted molar refractivity (Wildman–Crippen MR) is 42.0 cm³/mol. The van der Waals surface area contributed by atoms with Gasteiger partial charge >= 0.3 is 0 Å². The van der Waals surface area contributed by atoms with Crippen molar-refractivity contribution in [3.05, 3.63) is 33.7 Å². The maximum Gasteiger partial charge on any atom is 0.252 e. The first-order valence-corrected chi connectivity index (χ1v) is 3.38. The van der Waals surface area contributed by atoms with Crippen LogP contribution in [0.5, 0.6) is 0 Å². The fraction of sp³-hybridized carbons (Fsp3) is 0.143. The Kier molecular flexibility index (Phi) is 2.10. The van der Waals surface area contributed by atoms with Gasteiger partial charge in [-0.3, -0.25) is 9.59 Å². The van der Waals surface area contributed by atoms with Gasteiger partial charge in [-0.15, -0.1) is 0 Å². The SMILES string of the molecule is Cc1cc(C(=O)Cl)cc(=O)[nH]1. The monoisotopic (exact) mass is 171 g/mol. The van der Waals surface area contributed by atoms with E-state index < -0.39 is 5.24 Å². The summed E-state index contributed by atoms with van der Waals surface area (Å²) in [6.45, 7) is 1.69. The van der Waals surface area contributed by atoms with Gasteiger partial charge in [0.05, 0.1) is 0 Å². The maximum absolute atomic E-state index is 10.7. The minimum atomic E-state index is -0.612. The number of aromatic nitrogens is 1. The van der Waals surface area contributed by atoms with Gasteiger partial charge in [0.1, 0.15) is 0 Å². The van der Waals surface area contributed by atoms with E-state index in [1.807, 2.05) is 0 Å². The zero-order valence-electron chi connectivity index (χ0n) is 5.85. The number of rotatable bonds is 1. The number of hydrogen-bond donors (Lipinski definition) is 1. The molecular formula is C7H6ClNO2. The summed E-state index contributed by atoms with van der Waals surface area (Å²) in [6.07, 6.45) is 0. The first-order valence-electron chi connectivity index (χ1n) is 3.00. The number of pyridine rings is 1. The average Bonchev–Trinajstić information content (AvgIpc) is 1.85. The number of aryl methyl sites for hydroxylation is 1. The molecule has 0 atom stereocenters. The molecule has 0 aromatic carbocycles. The molecule has 0 saturated heterocycles. The lowest BCUT2D eigenvalue weighted by molar-refractivity contribution is 0.108. The van der Waals surface area contributed by atoms with E-state index in [0.717, 1.165) is 0 Å². The molecule has 0 fully saturated rings. The number of carbonyl (C=O) groups excluding carboxylic acids is 1. The molecule has 1 rings (SSSR count). The van der Waals surface area contributed by atoms with Crippen LogP contribution in [0.3, 0.4) is 0 Å². The zero-order valence-corrected chi connectivity index (χ0v) is 6.61. The van der Waals surface area contributed by atoms with Gasteiger partial charge in [0, 0.05) is 17.3 Å². The van der Waals surface area contributed by atoms with E-state index >= 15 is 0 Å². The van der Waals surface area contributed by atoms with Crippen molar-refractivity contribution in [2.45, 2.75) is 6.92 Å². The Morgan fingerprint density at radius 2 is 2.18 bits per heavy atom. The van der Waals surface area contributed by atoms with Crippen LogP contribution in [0.1, 0.15) is 16.1 Å². The zero-order chi connectivity index (χ0) is 8.43. The second kappa shape index (κ2) is 2.88. The third-order valence-corrected chi connectivity index (χ3v) is 1.42. The Hall–Kier alpha value is -1.09. The topological polar surface area (TPSA) is 49.9 Å². The van der Waals surface area contributed by atoms with Crippen molar-refractivity contribution in [3.63, 3.8) is 0 Å². The largest absolute Gasteiger partial charge is 0.326 e. The van der Waals surface area contributed by atoms with Crippen molar-refractivity contribution in [2.75, 3.05) is 0 Å². The summed E-state index contributed by atoms with van der Waals surface area (Å²) < 4.78 is 0. The van der Waals surface area contributed by atoms with Gasteiger partial charge in [0.2, 0.25) is 5.56 Å². The lowest BCUT2D eigenvalue weighted by Gasteiger charge is -1.93. The van der Waals surface area contributed by atoms with E-state index in [9.17, 15) is 9.59 Å². The number of halogens is 1. The van der Waals surface area contributed by atoms with E-state index in [-0.39, 0.29) is 11.1 Å². The summed E-state index contributed by atoms with van der Waals surface area (Å²) in [7, 11) is 0. The first kappa shape index (κ1) is 8.01. The Morgan fingerprint density at radius 3 is 2.64 bits per heavy atom. The van der Waals surface area contributed by atoms with Crippen molar-refractivity contribution in [2.24, 2.45) is 0 Å². The Labute approximate surface area is 68.0 Å². The molecule has 58 valence electrons. The summed E-state index contributed by atoms with van der Waals surface area (Å²) in [5, 5.41) is -0.612. The molecule has 0 aliphatic rings. The van der Waals surface area contributed by atoms with E-state index in [4.69, 9.17) is 11.6 Å². The van der Waals surface area contributed by atoms with E-state index in [2.05, 4.69) is 4.98 Å². The average molecular weight is 172 g/mol. The Morgan fingerprint density at radius 1 is 1.55 bits per heavy atom. The summed E-state index contributed by atoms with van der Waals surface area (Å²) in [6, 6.07) is 2.69. The van der Waals surface area contributed by atoms with Crippen molar-refractivity contribution in [1.82, 2.24) is 4.98 Å². The molecule has 4 heteroatoms. The lowest BCUT2D eigenvalue weighted by Crippen LogP contribution is -2.08. The van der Waals surface area contributed by atoms with E-state index in [1.165, 1.54) is 12.1 Å². The van der Waals surface area contributed by atoms with Crippen LogP contribution in [0.4, 0.5) is 0 Å². The highest BCUT2D eigenvalue weighted by atomic mass is 35.5. The molecule has 0 spiro atoms. The number of nitrogens with one attached hydrogen (secondary N) is 1. The van der Waals surface area contributed by atoms with Gasteiger partial charge < -0.3 is 4.98 Å². The number of hydrogen-bond acceptors (Lipinski definition) is 2. The second-order valence-electron chi connectivity index (χ2n) is 2.19. The van der Waals surface area contributed by atoms with Gasteiger partial charge in [0.15, 0.2) is 0 Å². The van der Waals surface area contributed by atoms with E-state index in [0.29, 0.717) is 5.69 Å². The molecule has 1 aromatic heterocycles. The maximum atomic E-state index is 10.7. The number of aromatic amines is 1. The van der Waals surface area contributed by atoms with Gasteiger partial charge in [0.25, 0.3) is 5.24 Å². The molecule has 1 aromatic rings. The standard InChI is InChI=1S/C7H6ClNO2/c1-4-2-5(7(8)11)3-6(10)9-4/h2-3H,1H3,(H,9,10). The fourth-order valence-corrected chi connectivity index (χ4v) is 0.905. The van der Waals surface area contributed by atoms with Gasteiger partial charge in [-0.05, 0) is 24.6 Å². The summed E-state index contributed by atoms with van der Waals surface area (Å²) in [5.74, 6) is 0. The molecule has 0 bridgehead atoms. The van der Waals surface area contributed by atoms with Gasteiger partial charge in [-0.2, -0.15) is 0 Å². The van der Waals surface area contributed by atoms with Gasteiger partial charge in [-0.25, -0.2) is 0 Å². The highest BCUT2D eigenvalue weighted by molar-refractivity contribution is 6.67. The van der Waals surface area contributed by atoms with Crippen molar-refractivity contribution in [1.29, 1.82) is 0 Å². The Balaban J connectivity index is 3.30. The van der Waals surface area contributed by atoms with Gasteiger partial charge in [-0.1, -0.05) is 0 Å². The smallest absolute Gasteiger partial charge is 0.252 e. The molecule has 11 heavy (non-hydrogen) atoms. The molecule has 0 unspecified atom stereocenters. The summed E-state index contributed by atoms with van der Waals surface area (Å²) in [5.41, 5.74) is 0.545. The minimum absolute atomic E-state index is 0.230. The van der Waals surface area contributed by atoms with Crippen molar-refractivity contribution >= 4 is 16.8 Å². The number of carbonyl (C=O) groups is 1. The first-order chi connectivity index (χ1) is 5.09. The number of H-pyrrole nitrogens is 1. The molecule has 0 saturated carbocycles. The fourth-order valence-electron chi connectivity index (χ4n) is 0.796. The molecule has 1 heterocycles. The highest BCUT2D eigenvalue weighted by Gasteiger charge is 2.01. The lowest BCUT2D eigenvalue weighted by atomic mass is 10.2. The second-order valence-corrected chi connectivity index (χ2v) is 2.53. The van der Waals surface area contributed by atoms with Crippen LogP contribution < -0.4 is 5.56 Å². The van der Waals surface area contributed by atoms with Crippen molar-refractivity contribution in [3.8, 4) is 0 Å². The van der Waals surface area contributed by atoms with Crippen LogP contribution >= 0.6 is 11.6 Å². The molecular weight excluding hydrogens is 166 g/mol. The molecule has 0 amide bonds.